The van der Waals surface area contributed by atoms with Gasteiger partial charge in [0.15, 0.2) is 5.17 Å². The monoisotopic (exact) mass is 387 g/mol. The van der Waals surface area contributed by atoms with Crippen molar-refractivity contribution < 1.29 is 18.7 Å². The number of amidine groups is 1. The van der Waals surface area contributed by atoms with E-state index in [1.807, 2.05) is 0 Å². The van der Waals surface area contributed by atoms with Crippen molar-refractivity contribution in [2.75, 3.05) is 19.5 Å². The number of hydrogen-bond acceptors (Lipinski definition) is 5. The Hall–Kier alpha value is -2.87. The van der Waals surface area contributed by atoms with E-state index < -0.39 is 17.0 Å². The number of para-hydroxylation sites is 1. The van der Waals surface area contributed by atoms with E-state index in [-0.39, 0.29) is 18.0 Å². The molecule has 2 amide bonds. The fourth-order valence-electron chi connectivity index (χ4n) is 2.50. The molecule has 0 radical (unpaired) electrons. The maximum atomic E-state index is 13.6. The fourth-order valence-corrected chi connectivity index (χ4v) is 3.65. The molecule has 0 bridgehead atoms. The van der Waals surface area contributed by atoms with Crippen LogP contribution in [0.5, 0.6) is 5.75 Å². The van der Waals surface area contributed by atoms with Crippen LogP contribution in [0.25, 0.3) is 0 Å². The van der Waals surface area contributed by atoms with Gasteiger partial charge in [-0.1, -0.05) is 23.9 Å². The van der Waals surface area contributed by atoms with E-state index >= 15 is 0 Å². The number of carbonyl (C=O) groups excluding carboxylic acids is 2. The van der Waals surface area contributed by atoms with Crippen LogP contribution in [0.4, 0.5) is 15.8 Å². The molecule has 0 aromatic heterocycles. The van der Waals surface area contributed by atoms with E-state index in [2.05, 4.69) is 10.3 Å². The van der Waals surface area contributed by atoms with Gasteiger partial charge in [-0.15, -0.1) is 0 Å². The van der Waals surface area contributed by atoms with Crippen LogP contribution >= 0.6 is 11.8 Å². The van der Waals surface area contributed by atoms with E-state index in [4.69, 9.17) is 4.74 Å². The third kappa shape index (κ3) is 4.46. The van der Waals surface area contributed by atoms with E-state index in [9.17, 15) is 14.0 Å². The van der Waals surface area contributed by atoms with Gasteiger partial charge in [0.25, 0.3) is 0 Å². The molecule has 0 aliphatic carbocycles. The number of nitrogens with one attached hydrogen (secondary N) is 1. The summed E-state index contributed by atoms with van der Waals surface area (Å²) in [4.78, 5) is 30.5. The van der Waals surface area contributed by atoms with Crippen molar-refractivity contribution in [2.45, 2.75) is 11.7 Å². The fraction of sp³-hybridized carbons (Fsp3) is 0.211. The second-order valence-electron chi connectivity index (χ2n) is 5.83. The van der Waals surface area contributed by atoms with Crippen molar-refractivity contribution in [3.05, 3.63) is 54.3 Å². The largest absolute Gasteiger partial charge is 0.497 e. The minimum Gasteiger partial charge on any atom is -0.497 e. The first-order chi connectivity index (χ1) is 13.0. The summed E-state index contributed by atoms with van der Waals surface area (Å²) in [6.07, 6.45) is -0.0657. The number of benzene rings is 2. The zero-order valence-corrected chi connectivity index (χ0v) is 15.6. The minimum atomic E-state index is -0.598. The molecule has 6 nitrogen and oxygen atoms in total. The maximum absolute atomic E-state index is 13.6. The van der Waals surface area contributed by atoms with E-state index in [1.165, 1.54) is 34.9 Å². The average Bonchev–Trinajstić information content (AvgIpc) is 2.92. The lowest BCUT2D eigenvalue weighted by atomic mass is 10.2. The molecule has 1 aliphatic heterocycles. The summed E-state index contributed by atoms with van der Waals surface area (Å²) in [5, 5.41) is 2.41. The molecule has 8 heteroatoms. The quantitative estimate of drug-likeness (QED) is 0.853. The zero-order valence-electron chi connectivity index (χ0n) is 14.8. The topological polar surface area (TPSA) is 71.0 Å². The average molecular weight is 387 g/mol. The van der Waals surface area contributed by atoms with Crippen molar-refractivity contribution >= 4 is 40.1 Å². The summed E-state index contributed by atoms with van der Waals surface area (Å²) in [5.41, 5.74) is 0.771. The number of ether oxygens (including phenoxy) is 1. The summed E-state index contributed by atoms with van der Waals surface area (Å²) in [6, 6.07) is 13.0. The number of methoxy groups -OCH3 is 1. The number of aliphatic imine (C=N–C) groups is 1. The number of thioether (sulfide) groups is 1. The summed E-state index contributed by atoms with van der Waals surface area (Å²) in [7, 11) is 3.20. The van der Waals surface area contributed by atoms with E-state index in [1.54, 1.807) is 44.5 Å². The van der Waals surface area contributed by atoms with Crippen LogP contribution in [0.3, 0.4) is 0 Å². The highest BCUT2D eigenvalue weighted by atomic mass is 32.2. The maximum Gasteiger partial charge on any atom is 0.242 e. The molecule has 3 rings (SSSR count). The summed E-state index contributed by atoms with van der Waals surface area (Å²) < 4.78 is 18.7. The zero-order chi connectivity index (χ0) is 19.4. The molecule has 2 aromatic rings. The number of rotatable bonds is 5. The molecule has 1 N–H and O–H groups in total. The second kappa shape index (κ2) is 8.22. The molecular formula is C19H18FN3O3S. The molecule has 2 aromatic carbocycles. The van der Waals surface area contributed by atoms with Gasteiger partial charge in [-0.3, -0.25) is 14.5 Å². The van der Waals surface area contributed by atoms with Crippen LogP contribution in [0.1, 0.15) is 6.42 Å². The standard InChI is InChI=1S/C19H18FN3O3S/c1-23-18(25)16(11-17(24)22-15-6-4-3-5-14(15)20)27-19(23)21-12-7-9-13(26-2)10-8-12/h3-10,16H,11H2,1-2H3,(H,22,24)/t16-/m0/s1. The molecule has 1 aliphatic rings. The summed E-state index contributed by atoms with van der Waals surface area (Å²) in [5.74, 6) is -0.443. The molecule has 1 atom stereocenters. The molecule has 0 saturated carbocycles. The molecule has 0 spiro atoms. The van der Waals surface area contributed by atoms with Crippen LogP contribution in [0.15, 0.2) is 53.5 Å². The summed E-state index contributed by atoms with van der Waals surface area (Å²) in [6.45, 7) is 0. The van der Waals surface area contributed by atoms with Gasteiger partial charge < -0.3 is 10.1 Å². The smallest absolute Gasteiger partial charge is 0.242 e. The van der Waals surface area contributed by atoms with Crippen molar-refractivity contribution in [1.29, 1.82) is 0 Å². The van der Waals surface area contributed by atoms with Gasteiger partial charge >= 0.3 is 0 Å². The lowest BCUT2D eigenvalue weighted by molar-refractivity contribution is -0.127. The number of anilines is 1. The number of amides is 2. The lowest BCUT2D eigenvalue weighted by Crippen LogP contribution is -2.30. The predicted molar refractivity (Wildman–Crippen MR) is 104 cm³/mol. The Kier molecular flexibility index (Phi) is 5.75. The molecule has 1 heterocycles. The van der Waals surface area contributed by atoms with Crippen molar-refractivity contribution in [3.63, 3.8) is 0 Å². The van der Waals surface area contributed by atoms with Gasteiger partial charge in [0.1, 0.15) is 16.8 Å². The first-order valence-electron chi connectivity index (χ1n) is 8.19. The van der Waals surface area contributed by atoms with Crippen molar-refractivity contribution in [2.24, 2.45) is 4.99 Å². The van der Waals surface area contributed by atoms with E-state index in [0.717, 1.165) is 0 Å². The van der Waals surface area contributed by atoms with Gasteiger partial charge in [-0.05, 0) is 36.4 Å². The Labute approximate surface area is 160 Å². The van der Waals surface area contributed by atoms with Crippen molar-refractivity contribution in [1.82, 2.24) is 4.90 Å². The van der Waals surface area contributed by atoms with Crippen LogP contribution in [-0.4, -0.2) is 41.3 Å². The third-order valence-corrected chi connectivity index (χ3v) is 5.19. The normalized spacial score (nSPS) is 18.0. The van der Waals surface area contributed by atoms with Crippen molar-refractivity contribution in [3.8, 4) is 5.75 Å². The van der Waals surface area contributed by atoms with Gasteiger partial charge in [-0.25, -0.2) is 9.38 Å². The first kappa shape index (κ1) is 18.9. The number of halogens is 1. The number of nitrogens with zero attached hydrogens (tertiary/aromatic N) is 2. The Morgan fingerprint density at radius 3 is 2.63 bits per heavy atom. The number of carbonyl (C=O) groups is 2. The first-order valence-corrected chi connectivity index (χ1v) is 9.07. The van der Waals surface area contributed by atoms with E-state index in [0.29, 0.717) is 16.6 Å². The van der Waals surface area contributed by atoms with Crippen LogP contribution in [0, 0.1) is 5.82 Å². The highest BCUT2D eigenvalue weighted by Crippen LogP contribution is 2.31. The highest BCUT2D eigenvalue weighted by molar-refractivity contribution is 8.15. The second-order valence-corrected chi connectivity index (χ2v) is 7.00. The molecular weight excluding hydrogens is 369 g/mol. The predicted octanol–water partition coefficient (Wildman–Crippen LogP) is 3.42. The Morgan fingerprint density at radius 1 is 1.26 bits per heavy atom. The lowest BCUT2D eigenvalue weighted by Gasteiger charge is -2.09. The minimum absolute atomic E-state index is 0.0657. The Balaban J connectivity index is 1.67. The van der Waals surface area contributed by atoms with Crippen LogP contribution < -0.4 is 10.1 Å². The Morgan fingerprint density at radius 2 is 1.96 bits per heavy atom. The van der Waals surface area contributed by atoms with Crippen LogP contribution in [0.2, 0.25) is 0 Å². The highest BCUT2D eigenvalue weighted by Gasteiger charge is 2.37. The van der Waals surface area contributed by atoms with Gasteiger partial charge in [-0.2, -0.15) is 0 Å². The molecule has 1 saturated heterocycles. The molecule has 27 heavy (non-hydrogen) atoms. The van der Waals surface area contributed by atoms with Gasteiger partial charge in [0.2, 0.25) is 11.8 Å². The van der Waals surface area contributed by atoms with Gasteiger partial charge in [0, 0.05) is 13.5 Å². The van der Waals surface area contributed by atoms with Crippen LogP contribution in [-0.2, 0) is 9.59 Å². The third-order valence-electron chi connectivity index (χ3n) is 3.96. The Bertz CT molecular complexity index is 886. The summed E-state index contributed by atoms with van der Waals surface area (Å²) >= 11 is 1.22. The molecule has 140 valence electrons. The molecule has 1 fully saturated rings. The molecule has 0 unspecified atom stereocenters. The van der Waals surface area contributed by atoms with Gasteiger partial charge in [0.05, 0.1) is 18.5 Å². The SMILES string of the molecule is COc1ccc(N=C2S[C@@H](CC(=O)Nc3ccccc3F)C(=O)N2C)cc1. The number of hydrogen-bond donors (Lipinski definition) is 1.